The molecular weight excluding hydrogens is 336 g/mol. The molecule has 3 fully saturated rings. The van der Waals surface area contributed by atoms with E-state index < -0.39 is 0 Å². The van der Waals surface area contributed by atoms with E-state index in [0.717, 1.165) is 53.3 Å². The zero-order valence-electron chi connectivity index (χ0n) is 20.5. The van der Waals surface area contributed by atoms with Gasteiger partial charge < -0.3 is 0 Å². The smallest absolute Gasteiger partial charge is 0.0264 e. The van der Waals surface area contributed by atoms with Gasteiger partial charge in [-0.25, -0.2) is 0 Å². The topological polar surface area (TPSA) is 0 Å². The van der Waals surface area contributed by atoms with Crippen LogP contribution < -0.4 is 0 Å². The summed E-state index contributed by atoms with van der Waals surface area (Å²) >= 11 is 0. The van der Waals surface area contributed by atoms with E-state index >= 15 is 0 Å². The summed E-state index contributed by atoms with van der Waals surface area (Å²) in [6.45, 7) is 17.8. The average Bonchev–Trinajstić information content (AvgIpc) is 3.01. The number of hydrogen-bond acceptors (Lipinski definition) is 0. The van der Waals surface area contributed by atoms with Crippen LogP contribution in [0.25, 0.3) is 0 Å². The summed E-state index contributed by atoms with van der Waals surface area (Å²) < 4.78 is 0. The van der Waals surface area contributed by atoms with Crippen LogP contribution >= 0.6 is 0 Å². The highest BCUT2D eigenvalue weighted by Crippen LogP contribution is 2.62. The molecule has 0 heteroatoms. The van der Waals surface area contributed by atoms with Crippen molar-refractivity contribution >= 4 is 0 Å². The Labute approximate surface area is 178 Å². The van der Waals surface area contributed by atoms with Gasteiger partial charge in [0.25, 0.3) is 0 Å². The maximum Gasteiger partial charge on any atom is -0.0264 e. The van der Waals surface area contributed by atoms with Crippen LogP contribution in [0.3, 0.4) is 0 Å². The monoisotopic (exact) mass is 388 g/mol. The Morgan fingerprint density at radius 2 is 1.64 bits per heavy atom. The SMILES string of the molecule is CCC(CCC(C)C1CCC2C(C3CC(C)CCC3C)CCCC12C)C(C)C. The van der Waals surface area contributed by atoms with E-state index in [-0.39, 0.29) is 0 Å². The fourth-order valence-electron chi connectivity index (χ4n) is 8.59. The highest BCUT2D eigenvalue weighted by Gasteiger charge is 2.54. The van der Waals surface area contributed by atoms with Crippen molar-refractivity contribution in [2.45, 2.75) is 119 Å². The van der Waals surface area contributed by atoms with Gasteiger partial charge in [-0.1, -0.05) is 80.6 Å². The summed E-state index contributed by atoms with van der Waals surface area (Å²) in [5.74, 6) is 8.82. The molecule has 0 nitrogen and oxygen atoms in total. The largest absolute Gasteiger partial charge is 0.0651 e. The predicted molar refractivity (Wildman–Crippen MR) is 124 cm³/mol. The number of fused-ring (bicyclic) bond motifs is 1. The minimum absolute atomic E-state index is 0.655. The molecule has 28 heavy (non-hydrogen) atoms. The van der Waals surface area contributed by atoms with Crippen LogP contribution in [0, 0.1) is 58.7 Å². The second-order valence-corrected chi connectivity index (χ2v) is 12.4. The van der Waals surface area contributed by atoms with E-state index in [0.29, 0.717) is 5.41 Å². The van der Waals surface area contributed by atoms with Gasteiger partial charge in [0.15, 0.2) is 0 Å². The van der Waals surface area contributed by atoms with Gasteiger partial charge in [0.05, 0.1) is 0 Å². The van der Waals surface area contributed by atoms with E-state index in [4.69, 9.17) is 0 Å². The Hall–Kier alpha value is 0. The third-order valence-electron chi connectivity index (χ3n) is 10.5. The van der Waals surface area contributed by atoms with Gasteiger partial charge in [-0.3, -0.25) is 0 Å². The molecule has 0 radical (unpaired) electrons. The molecule has 0 aromatic carbocycles. The lowest BCUT2D eigenvalue weighted by Crippen LogP contribution is -2.43. The Morgan fingerprint density at radius 1 is 0.893 bits per heavy atom. The molecule has 0 saturated heterocycles. The minimum Gasteiger partial charge on any atom is -0.0651 e. The fraction of sp³-hybridized carbons (Fsp3) is 1.00. The predicted octanol–water partition coefficient (Wildman–Crippen LogP) is 8.99. The molecule has 9 unspecified atom stereocenters. The van der Waals surface area contributed by atoms with Crippen molar-refractivity contribution in [3.05, 3.63) is 0 Å². The molecule has 0 bridgehead atoms. The highest BCUT2D eigenvalue weighted by molar-refractivity contribution is 5.03. The molecule has 0 spiro atoms. The second kappa shape index (κ2) is 9.43. The number of hydrogen-bond donors (Lipinski definition) is 0. The molecule has 9 atom stereocenters. The van der Waals surface area contributed by atoms with E-state index in [9.17, 15) is 0 Å². The number of rotatable bonds is 7. The molecule has 0 N–H and O–H groups in total. The van der Waals surface area contributed by atoms with Crippen molar-refractivity contribution in [3.63, 3.8) is 0 Å². The van der Waals surface area contributed by atoms with E-state index in [1.807, 2.05) is 0 Å². The van der Waals surface area contributed by atoms with Crippen molar-refractivity contribution in [2.24, 2.45) is 58.7 Å². The van der Waals surface area contributed by atoms with E-state index in [1.165, 1.54) is 57.8 Å². The first-order valence-electron chi connectivity index (χ1n) is 13.3. The standard InChI is InChI=1S/C28H52/c1-8-23(19(2)3)14-13-22(6)26-15-16-27-24(10-9-17-28(26,27)7)25-18-20(4)11-12-21(25)5/h19-27H,8-18H2,1-7H3. The van der Waals surface area contributed by atoms with Gasteiger partial charge >= 0.3 is 0 Å². The van der Waals surface area contributed by atoms with E-state index in [1.54, 1.807) is 12.8 Å². The Balaban J connectivity index is 1.67. The molecule has 3 saturated carbocycles. The van der Waals surface area contributed by atoms with Crippen molar-refractivity contribution in [1.29, 1.82) is 0 Å². The maximum atomic E-state index is 2.74. The molecule has 3 aliphatic carbocycles. The normalized spacial score (nSPS) is 43.7. The summed E-state index contributed by atoms with van der Waals surface area (Å²) in [6, 6.07) is 0. The summed E-state index contributed by atoms with van der Waals surface area (Å²) in [5, 5.41) is 0. The molecule has 164 valence electrons. The lowest BCUT2D eigenvalue weighted by molar-refractivity contribution is -0.0203. The molecule has 0 aliphatic heterocycles. The van der Waals surface area contributed by atoms with Crippen LogP contribution in [-0.4, -0.2) is 0 Å². The van der Waals surface area contributed by atoms with Gasteiger partial charge in [0, 0.05) is 0 Å². The van der Waals surface area contributed by atoms with Gasteiger partial charge in [-0.15, -0.1) is 0 Å². The lowest BCUT2D eigenvalue weighted by Gasteiger charge is -2.51. The van der Waals surface area contributed by atoms with Crippen LogP contribution in [0.1, 0.15) is 119 Å². The van der Waals surface area contributed by atoms with Crippen LogP contribution in [-0.2, 0) is 0 Å². The quantitative estimate of drug-likeness (QED) is 0.408. The lowest BCUT2D eigenvalue weighted by atomic mass is 9.54. The molecule has 3 rings (SSSR count). The first-order chi connectivity index (χ1) is 13.3. The highest BCUT2D eigenvalue weighted by atomic mass is 14.6. The molecule has 0 aromatic heterocycles. The second-order valence-electron chi connectivity index (χ2n) is 12.4. The van der Waals surface area contributed by atoms with Crippen molar-refractivity contribution < 1.29 is 0 Å². The summed E-state index contributed by atoms with van der Waals surface area (Å²) in [6.07, 6.45) is 16.5. The Bertz CT molecular complexity index is 478. The van der Waals surface area contributed by atoms with Crippen LogP contribution in [0.5, 0.6) is 0 Å². The van der Waals surface area contributed by atoms with Gasteiger partial charge in [0.1, 0.15) is 0 Å². The van der Waals surface area contributed by atoms with Crippen molar-refractivity contribution in [1.82, 2.24) is 0 Å². The summed E-state index contributed by atoms with van der Waals surface area (Å²) in [4.78, 5) is 0. The molecule has 0 heterocycles. The van der Waals surface area contributed by atoms with Crippen molar-refractivity contribution in [2.75, 3.05) is 0 Å². The minimum atomic E-state index is 0.655. The van der Waals surface area contributed by atoms with Crippen LogP contribution in [0.2, 0.25) is 0 Å². The maximum absolute atomic E-state index is 2.74. The van der Waals surface area contributed by atoms with E-state index in [2.05, 4.69) is 48.5 Å². The zero-order chi connectivity index (χ0) is 20.5. The zero-order valence-corrected chi connectivity index (χ0v) is 20.5. The van der Waals surface area contributed by atoms with Gasteiger partial charge in [-0.05, 0) is 97.2 Å². The molecular formula is C28H52. The van der Waals surface area contributed by atoms with Crippen LogP contribution in [0.4, 0.5) is 0 Å². The third-order valence-corrected chi connectivity index (χ3v) is 10.5. The van der Waals surface area contributed by atoms with Crippen LogP contribution in [0.15, 0.2) is 0 Å². The third kappa shape index (κ3) is 4.51. The Kier molecular flexibility index (Phi) is 7.64. The molecule has 0 amide bonds. The summed E-state index contributed by atoms with van der Waals surface area (Å²) in [5.41, 5.74) is 0.655. The first-order valence-corrected chi connectivity index (χ1v) is 13.3. The molecule has 3 aliphatic rings. The Morgan fingerprint density at radius 3 is 2.32 bits per heavy atom. The van der Waals surface area contributed by atoms with Gasteiger partial charge in [0.2, 0.25) is 0 Å². The van der Waals surface area contributed by atoms with Gasteiger partial charge in [-0.2, -0.15) is 0 Å². The first kappa shape index (κ1) is 22.7. The summed E-state index contributed by atoms with van der Waals surface area (Å²) in [7, 11) is 0. The van der Waals surface area contributed by atoms with Crippen molar-refractivity contribution in [3.8, 4) is 0 Å². The molecule has 0 aromatic rings. The fourth-order valence-corrected chi connectivity index (χ4v) is 8.59. The average molecular weight is 389 g/mol.